The van der Waals surface area contributed by atoms with Crippen LogP contribution >= 0.6 is 11.3 Å². The molecule has 9 nitrogen and oxygen atoms in total. The van der Waals surface area contributed by atoms with Crippen LogP contribution in [-0.2, 0) is 14.8 Å². The molecule has 1 aliphatic rings. The predicted molar refractivity (Wildman–Crippen MR) is 131 cm³/mol. The number of hydrogen-bond donors (Lipinski definition) is 3. The number of aromatic carboxylic acids is 1. The fourth-order valence-corrected chi connectivity index (χ4v) is 6.71. The molecule has 2 aromatic rings. The van der Waals surface area contributed by atoms with Crippen LogP contribution in [0.3, 0.4) is 0 Å². The number of carbonyl (C=O) groups is 2. The molecule has 1 aliphatic heterocycles. The number of thiophene rings is 1. The van der Waals surface area contributed by atoms with Crippen LogP contribution in [0.5, 0.6) is 5.75 Å². The Morgan fingerprint density at radius 3 is 2.56 bits per heavy atom. The van der Waals surface area contributed by atoms with E-state index in [0.717, 1.165) is 29.0 Å². The Morgan fingerprint density at radius 2 is 1.94 bits per heavy atom. The average molecular weight is 511 g/mol. The van der Waals surface area contributed by atoms with Crippen molar-refractivity contribution < 1.29 is 33.0 Å². The minimum atomic E-state index is -3.20. The third-order valence-electron chi connectivity index (χ3n) is 5.72. The topological polar surface area (TPSA) is 133 Å². The van der Waals surface area contributed by atoms with Crippen molar-refractivity contribution in [3.63, 3.8) is 0 Å². The van der Waals surface area contributed by atoms with Crippen LogP contribution < -0.4 is 10.1 Å². The molecule has 0 bridgehead atoms. The number of nitrogens with one attached hydrogen (secondary N) is 1. The van der Waals surface area contributed by atoms with Crippen LogP contribution in [0, 0.1) is 6.92 Å². The van der Waals surface area contributed by atoms with Crippen molar-refractivity contribution in [3.8, 4) is 16.2 Å². The lowest BCUT2D eigenvalue weighted by molar-refractivity contribution is -0.139. The maximum atomic E-state index is 12.4. The first-order valence-corrected chi connectivity index (χ1v) is 13.6. The van der Waals surface area contributed by atoms with Crippen molar-refractivity contribution in [2.75, 3.05) is 30.8 Å². The summed E-state index contributed by atoms with van der Waals surface area (Å²) in [6, 6.07) is 7.67. The van der Waals surface area contributed by atoms with Gasteiger partial charge in [0.05, 0.1) is 5.75 Å². The summed E-state index contributed by atoms with van der Waals surface area (Å²) in [5.41, 5.74) is 2.22. The highest BCUT2D eigenvalue weighted by Gasteiger charge is 2.28. The molecule has 0 amide bonds. The summed E-state index contributed by atoms with van der Waals surface area (Å²) >= 11 is 1.04. The molecule has 186 valence electrons. The Morgan fingerprint density at radius 1 is 1.24 bits per heavy atom. The molecule has 2 heterocycles. The van der Waals surface area contributed by atoms with Gasteiger partial charge in [-0.05, 0) is 43.9 Å². The second-order valence-corrected chi connectivity index (χ2v) is 11.4. The Bertz CT molecular complexity index is 1140. The number of rotatable bonds is 11. The van der Waals surface area contributed by atoms with Crippen molar-refractivity contribution in [1.29, 1.82) is 0 Å². The number of unbranched alkanes of at least 4 members (excludes halogenated alkanes) is 1. The normalized spacial score (nSPS) is 15.2. The van der Waals surface area contributed by atoms with E-state index in [0.29, 0.717) is 42.8 Å². The lowest BCUT2D eigenvalue weighted by Gasteiger charge is -2.32. The van der Waals surface area contributed by atoms with E-state index < -0.39 is 28.6 Å². The summed E-state index contributed by atoms with van der Waals surface area (Å²) in [6.07, 6.45) is 2.91. The molecule has 34 heavy (non-hydrogen) atoms. The number of aliphatic carboxylic acids is 1. The van der Waals surface area contributed by atoms with Gasteiger partial charge in [-0.15, -0.1) is 11.3 Å². The summed E-state index contributed by atoms with van der Waals surface area (Å²) in [4.78, 5) is 23.2. The molecule has 1 aromatic heterocycles. The zero-order valence-corrected chi connectivity index (χ0v) is 20.9. The van der Waals surface area contributed by atoms with E-state index in [1.807, 2.05) is 31.2 Å². The van der Waals surface area contributed by atoms with Crippen molar-refractivity contribution in [2.45, 2.75) is 45.6 Å². The minimum absolute atomic E-state index is 0.0382. The maximum Gasteiger partial charge on any atom is 0.349 e. The van der Waals surface area contributed by atoms with Crippen molar-refractivity contribution in [3.05, 3.63) is 34.7 Å². The van der Waals surface area contributed by atoms with Gasteiger partial charge >= 0.3 is 11.9 Å². The molecular weight excluding hydrogens is 480 g/mol. The van der Waals surface area contributed by atoms with E-state index in [1.165, 1.54) is 0 Å². The first-order valence-electron chi connectivity index (χ1n) is 11.2. The fraction of sp³-hybridized carbons (Fsp3) is 0.478. The van der Waals surface area contributed by atoms with Crippen LogP contribution in [0.4, 0.5) is 5.69 Å². The average Bonchev–Trinajstić information content (AvgIpc) is 3.13. The number of ether oxygens (including phenoxy) is 1. The molecular formula is C23H30N2O7S2. The Balaban J connectivity index is 1.72. The molecule has 0 unspecified atom stereocenters. The van der Waals surface area contributed by atoms with Gasteiger partial charge in [0, 0.05) is 35.3 Å². The zero-order valence-electron chi connectivity index (χ0n) is 19.2. The Hall–Kier alpha value is -2.63. The van der Waals surface area contributed by atoms with E-state index in [4.69, 9.17) is 9.84 Å². The molecule has 3 rings (SSSR count). The third kappa shape index (κ3) is 6.28. The van der Waals surface area contributed by atoms with Gasteiger partial charge in [-0.2, -0.15) is 0 Å². The van der Waals surface area contributed by atoms with E-state index in [2.05, 4.69) is 5.32 Å². The van der Waals surface area contributed by atoms with Gasteiger partial charge in [0.2, 0.25) is 10.0 Å². The highest BCUT2D eigenvalue weighted by molar-refractivity contribution is 7.89. The second kappa shape index (κ2) is 11.2. The molecule has 0 radical (unpaired) electrons. The van der Waals surface area contributed by atoms with Crippen LogP contribution in [0.1, 0.15) is 47.8 Å². The molecule has 1 aromatic carbocycles. The highest BCUT2D eigenvalue weighted by atomic mass is 32.2. The first-order chi connectivity index (χ1) is 16.1. The number of sulfonamides is 1. The first kappa shape index (κ1) is 26.0. The van der Waals surface area contributed by atoms with Gasteiger partial charge in [-0.25, -0.2) is 22.3 Å². The van der Waals surface area contributed by atoms with Crippen LogP contribution in [0.2, 0.25) is 0 Å². The van der Waals surface area contributed by atoms with E-state index in [1.54, 1.807) is 11.2 Å². The summed E-state index contributed by atoms with van der Waals surface area (Å²) in [5, 5.41) is 21.9. The van der Waals surface area contributed by atoms with Crippen LogP contribution in [0.15, 0.2) is 24.3 Å². The number of benzene rings is 1. The number of nitrogens with zero attached hydrogens (tertiary/aromatic N) is 1. The second-order valence-electron chi connectivity index (χ2n) is 8.27. The lowest BCUT2D eigenvalue weighted by atomic mass is 10.0. The maximum absolute atomic E-state index is 12.4. The van der Waals surface area contributed by atoms with Gasteiger partial charge in [0.1, 0.15) is 5.75 Å². The van der Waals surface area contributed by atoms with Crippen molar-refractivity contribution >= 4 is 39.0 Å². The van der Waals surface area contributed by atoms with E-state index >= 15 is 0 Å². The molecule has 11 heteroatoms. The number of carboxylic acid groups (broad SMARTS) is 2. The van der Waals surface area contributed by atoms with E-state index in [9.17, 15) is 23.1 Å². The SMILES string of the molecule is CCCCS(=O)(=O)N1CCC(Nc2cccc(-c3sc(C(=O)O)c(OCC(=O)O)c3C)c2)CC1. The fourth-order valence-electron chi connectivity index (χ4n) is 3.94. The van der Waals surface area contributed by atoms with Gasteiger partial charge < -0.3 is 20.3 Å². The molecule has 0 aliphatic carbocycles. The molecule has 3 N–H and O–H groups in total. The van der Waals surface area contributed by atoms with Crippen LogP contribution in [-0.4, -0.2) is 66.4 Å². The monoisotopic (exact) mass is 510 g/mol. The predicted octanol–water partition coefficient (Wildman–Crippen LogP) is 3.89. The van der Waals surface area contributed by atoms with E-state index in [-0.39, 0.29) is 22.4 Å². The van der Waals surface area contributed by atoms with Crippen molar-refractivity contribution in [2.24, 2.45) is 0 Å². The smallest absolute Gasteiger partial charge is 0.349 e. The summed E-state index contributed by atoms with van der Waals surface area (Å²) in [6.45, 7) is 4.04. The number of piperidine rings is 1. The summed E-state index contributed by atoms with van der Waals surface area (Å²) < 4.78 is 31.7. The van der Waals surface area contributed by atoms with Gasteiger partial charge in [-0.1, -0.05) is 25.5 Å². The quantitative estimate of drug-likeness (QED) is 0.415. The van der Waals surface area contributed by atoms with Gasteiger partial charge in [-0.3, -0.25) is 0 Å². The molecule has 0 atom stereocenters. The molecule has 1 fully saturated rings. The standard InChI is InChI=1S/C23H30N2O7S2/c1-3-4-12-34(30,31)25-10-8-17(9-11-25)24-18-7-5-6-16(13-18)21-15(2)20(32-14-19(26)27)22(33-21)23(28)29/h5-7,13,17,24H,3-4,8-12,14H2,1-2H3,(H,26,27)(H,28,29). The van der Waals surface area contributed by atoms with Crippen molar-refractivity contribution in [1.82, 2.24) is 4.31 Å². The van der Waals surface area contributed by atoms with Gasteiger partial charge in [0.25, 0.3) is 0 Å². The molecule has 1 saturated heterocycles. The summed E-state index contributed by atoms with van der Waals surface area (Å²) in [7, 11) is -3.20. The van der Waals surface area contributed by atoms with Gasteiger partial charge in [0.15, 0.2) is 11.5 Å². The summed E-state index contributed by atoms with van der Waals surface area (Å²) in [5.74, 6) is -2.08. The molecule has 0 saturated carbocycles. The zero-order chi connectivity index (χ0) is 24.9. The number of anilines is 1. The highest BCUT2D eigenvalue weighted by Crippen LogP contribution is 2.42. The Kier molecular flexibility index (Phi) is 8.56. The lowest BCUT2D eigenvalue weighted by Crippen LogP contribution is -2.43. The Labute approximate surface area is 203 Å². The minimum Gasteiger partial charge on any atom is -0.480 e. The number of hydrogen-bond acceptors (Lipinski definition) is 7. The third-order valence-corrected chi connectivity index (χ3v) is 8.99. The molecule has 0 spiro atoms. The largest absolute Gasteiger partial charge is 0.480 e. The van der Waals surface area contributed by atoms with Crippen LogP contribution in [0.25, 0.3) is 10.4 Å². The number of carboxylic acids is 2.